The van der Waals surface area contributed by atoms with Gasteiger partial charge in [0.1, 0.15) is 5.75 Å². The van der Waals surface area contributed by atoms with Crippen molar-refractivity contribution in [1.82, 2.24) is 0 Å². The molecule has 0 amide bonds. The predicted molar refractivity (Wildman–Crippen MR) is 66.5 cm³/mol. The first-order valence-corrected chi connectivity index (χ1v) is 6.87. The molecule has 17 heavy (non-hydrogen) atoms. The van der Waals surface area contributed by atoms with Gasteiger partial charge in [-0.1, -0.05) is 29.3 Å². The predicted octanol–water partition coefficient (Wildman–Crippen LogP) is 5.24. The molecule has 6 heteroatoms. The van der Waals surface area contributed by atoms with E-state index in [-0.39, 0.29) is 5.75 Å². The fourth-order valence-corrected chi connectivity index (χ4v) is 2.85. The molecule has 0 radical (unpaired) electrons. The van der Waals surface area contributed by atoms with Crippen LogP contribution in [0.25, 0.3) is 0 Å². The van der Waals surface area contributed by atoms with Crippen molar-refractivity contribution >= 4 is 27.7 Å². The van der Waals surface area contributed by atoms with Crippen molar-refractivity contribution in [1.29, 1.82) is 0 Å². The molecule has 0 unspecified atom stereocenters. The first-order chi connectivity index (χ1) is 7.90. The van der Waals surface area contributed by atoms with Crippen LogP contribution in [-0.4, -0.2) is 12.1 Å². The van der Waals surface area contributed by atoms with Gasteiger partial charge in [-0.15, -0.1) is 24.9 Å². The summed E-state index contributed by atoms with van der Waals surface area (Å²) >= 11 is 4.69. The second-order valence-electron chi connectivity index (χ2n) is 3.37. The molecule has 1 rings (SSSR count). The molecule has 0 aliphatic heterocycles. The number of unbranched alkanes of at least 4 members (excludes halogenated alkanes) is 1. The Hall–Kier alpha value is -0.360. The van der Waals surface area contributed by atoms with Gasteiger partial charge < -0.3 is 4.74 Å². The van der Waals surface area contributed by atoms with Crippen molar-refractivity contribution in [2.75, 3.05) is 5.75 Å². The van der Waals surface area contributed by atoms with Crippen molar-refractivity contribution in [3.8, 4) is 5.75 Å². The summed E-state index contributed by atoms with van der Waals surface area (Å²) in [5.41, 5.74) is 0. The van der Waals surface area contributed by atoms with Crippen molar-refractivity contribution in [2.24, 2.45) is 0 Å². The lowest BCUT2D eigenvalue weighted by molar-refractivity contribution is -0.274. The summed E-state index contributed by atoms with van der Waals surface area (Å²) in [6.45, 7) is 2.07. The summed E-state index contributed by atoms with van der Waals surface area (Å²) in [6, 6.07) is 4.49. The Labute approximate surface area is 111 Å². The van der Waals surface area contributed by atoms with Crippen molar-refractivity contribution in [2.45, 2.75) is 31.0 Å². The van der Waals surface area contributed by atoms with E-state index >= 15 is 0 Å². The second-order valence-corrected chi connectivity index (χ2v) is 5.46. The van der Waals surface area contributed by atoms with Crippen molar-refractivity contribution in [3.05, 3.63) is 22.7 Å². The number of benzene rings is 1. The molecule has 0 saturated heterocycles. The molecule has 0 bridgehead atoms. The highest BCUT2D eigenvalue weighted by Gasteiger charge is 2.31. The van der Waals surface area contributed by atoms with Gasteiger partial charge in [-0.3, -0.25) is 0 Å². The van der Waals surface area contributed by atoms with Crippen LogP contribution in [-0.2, 0) is 0 Å². The van der Waals surface area contributed by atoms with Crippen LogP contribution >= 0.6 is 27.7 Å². The van der Waals surface area contributed by atoms with Crippen LogP contribution in [0.5, 0.6) is 5.75 Å². The van der Waals surface area contributed by atoms with Crippen LogP contribution in [0, 0.1) is 0 Å². The topological polar surface area (TPSA) is 9.23 Å². The zero-order chi connectivity index (χ0) is 12.9. The molecule has 0 spiro atoms. The first kappa shape index (κ1) is 14.7. The lowest BCUT2D eigenvalue weighted by Gasteiger charge is -2.10. The van der Waals surface area contributed by atoms with Gasteiger partial charge in [0.15, 0.2) is 0 Å². The van der Waals surface area contributed by atoms with E-state index in [1.165, 1.54) is 23.9 Å². The maximum Gasteiger partial charge on any atom is 0.573 e. The summed E-state index contributed by atoms with van der Waals surface area (Å²) in [7, 11) is 0. The van der Waals surface area contributed by atoms with Crippen LogP contribution < -0.4 is 4.74 Å². The van der Waals surface area contributed by atoms with Crippen LogP contribution in [0.15, 0.2) is 27.6 Å². The van der Waals surface area contributed by atoms with Gasteiger partial charge in [-0.25, -0.2) is 0 Å². The molecule has 1 nitrogen and oxygen atoms in total. The third-order valence-electron chi connectivity index (χ3n) is 1.85. The smallest absolute Gasteiger partial charge is 0.406 e. The Balaban J connectivity index is 2.72. The Morgan fingerprint density at radius 3 is 2.59 bits per heavy atom. The van der Waals surface area contributed by atoms with Gasteiger partial charge in [-0.2, -0.15) is 0 Å². The Morgan fingerprint density at radius 1 is 1.29 bits per heavy atom. The Kier molecular flexibility index (Phi) is 5.66. The maximum atomic E-state index is 12.1. The van der Waals surface area contributed by atoms with Crippen LogP contribution in [0.1, 0.15) is 19.8 Å². The average molecular weight is 329 g/mol. The minimum Gasteiger partial charge on any atom is -0.406 e. The van der Waals surface area contributed by atoms with E-state index in [0.29, 0.717) is 4.47 Å². The zero-order valence-corrected chi connectivity index (χ0v) is 11.6. The molecule has 0 fully saturated rings. The van der Waals surface area contributed by atoms with Gasteiger partial charge in [-0.05, 0) is 30.4 Å². The van der Waals surface area contributed by atoms with E-state index in [4.69, 9.17) is 0 Å². The molecular weight excluding hydrogens is 317 g/mol. The van der Waals surface area contributed by atoms with E-state index in [9.17, 15) is 13.2 Å². The number of thioether (sulfide) groups is 1. The average Bonchev–Trinajstić information content (AvgIpc) is 2.14. The third kappa shape index (κ3) is 6.21. The Bertz CT molecular complexity index is 368. The molecule has 0 aliphatic carbocycles. The summed E-state index contributed by atoms with van der Waals surface area (Å²) in [5.74, 6) is 0.698. The number of alkyl halides is 3. The summed E-state index contributed by atoms with van der Waals surface area (Å²) in [4.78, 5) is 0.770. The molecule has 96 valence electrons. The Morgan fingerprint density at radius 2 is 2.00 bits per heavy atom. The summed E-state index contributed by atoms with van der Waals surface area (Å²) in [5, 5.41) is 0. The second kappa shape index (κ2) is 6.54. The highest BCUT2D eigenvalue weighted by Crippen LogP contribution is 2.31. The van der Waals surface area contributed by atoms with Gasteiger partial charge in [0.25, 0.3) is 0 Å². The maximum absolute atomic E-state index is 12.1. The minimum absolute atomic E-state index is 0.189. The molecule has 0 saturated carbocycles. The van der Waals surface area contributed by atoms with Crippen LogP contribution in [0.4, 0.5) is 13.2 Å². The van der Waals surface area contributed by atoms with Crippen LogP contribution in [0.3, 0.4) is 0 Å². The SMILES string of the molecule is CCCCSc1cc(Br)cc(OC(F)(F)F)c1. The highest BCUT2D eigenvalue weighted by molar-refractivity contribution is 9.10. The monoisotopic (exact) mass is 328 g/mol. The standard InChI is InChI=1S/C11H12BrF3OS/c1-2-3-4-17-10-6-8(12)5-9(7-10)16-11(13,14)15/h5-7H,2-4H2,1H3. The fourth-order valence-electron chi connectivity index (χ4n) is 1.15. The molecular formula is C11H12BrF3OS. The van der Waals surface area contributed by atoms with Gasteiger partial charge in [0.05, 0.1) is 0 Å². The van der Waals surface area contributed by atoms with E-state index in [1.54, 1.807) is 6.07 Å². The lowest BCUT2D eigenvalue weighted by Crippen LogP contribution is -2.17. The lowest BCUT2D eigenvalue weighted by atomic mass is 10.3. The molecule has 0 heterocycles. The molecule has 1 aromatic rings. The molecule has 0 aliphatic rings. The number of hydrogen-bond donors (Lipinski definition) is 0. The zero-order valence-electron chi connectivity index (χ0n) is 9.18. The number of hydrogen-bond acceptors (Lipinski definition) is 2. The fraction of sp³-hybridized carbons (Fsp3) is 0.455. The van der Waals surface area contributed by atoms with E-state index < -0.39 is 6.36 Å². The molecule has 0 N–H and O–H groups in total. The highest BCUT2D eigenvalue weighted by atomic mass is 79.9. The third-order valence-corrected chi connectivity index (χ3v) is 3.36. The van der Waals surface area contributed by atoms with E-state index in [2.05, 4.69) is 27.6 Å². The minimum atomic E-state index is -4.65. The quantitative estimate of drug-likeness (QED) is 0.540. The van der Waals surface area contributed by atoms with E-state index in [1.807, 2.05) is 0 Å². The normalized spacial score (nSPS) is 11.6. The van der Waals surface area contributed by atoms with Gasteiger partial charge in [0, 0.05) is 9.37 Å². The van der Waals surface area contributed by atoms with Gasteiger partial charge in [0.2, 0.25) is 0 Å². The number of halogens is 4. The van der Waals surface area contributed by atoms with Gasteiger partial charge >= 0.3 is 6.36 Å². The molecule has 0 atom stereocenters. The van der Waals surface area contributed by atoms with Crippen molar-refractivity contribution < 1.29 is 17.9 Å². The molecule has 0 aromatic heterocycles. The summed E-state index contributed by atoms with van der Waals surface area (Å²) < 4.78 is 40.7. The van der Waals surface area contributed by atoms with E-state index in [0.717, 1.165) is 23.5 Å². The van der Waals surface area contributed by atoms with Crippen molar-refractivity contribution in [3.63, 3.8) is 0 Å². The number of rotatable bonds is 5. The number of ether oxygens (including phenoxy) is 1. The largest absolute Gasteiger partial charge is 0.573 e. The first-order valence-electron chi connectivity index (χ1n) is 5.10. The molecule has 1 aromatic carbocycles. The van der Waals surface area contributed by atoms with Crippen LogP contribution in [0.2, 0.25) is 0 Å². The summed E-state index contributed by atoms with van der Waals surface area (Å²) in [6.07, 6.45) is -2.55.